The average molecular weight is 282 g/mol. The summed E-state index contributed by atoms with van der Waals surface area (Å²) in [5.74, 6) is -0.466. The maximum atomic E-state index is 13.0. The van der Waals surface area contributed by atoms with Gasteiger partial charge in [0, 0.05) is 17.4 Å². The highest BCUT2D eigenvalue weighted by Crippen LogP contribution is 2.29. The molecule has 7 heteroatoms. The first-order valence-corrected chi connectivity index (χ1v) is 5.69. The number of rotatable bonds is 3. The van der Waals surface area contributed by atoms with Crippen LogP contribution in [0.4, 0.5) is 21.6 Å². The highest BCUT2D eigenvalue weighted by molar-refractivity contribution is 6.31. The first-order chi connectivity index (χ1) is 8.99. The zero-order valence-electron chi connectivity index (χ0n) is 9.85. The van der Waals surface area contributed by atoms with Crippen LogP contribution in [0.1, 0.15) is 5.56 Å². The van der Waals surface area contributed by atoms with Crippen LogP contribution in [0.5, 0.6) is 0 Å². The highest BCUT2D eigenvalue weighted by Gasteiger charge is 2.18. The summed E-state index contributed by atoms with van der Waals surface area (Å²) in [5.41, 5.74) is 0.784. The molecular weight excluding hydrogens is 273 g/mol. The van der Waals surface area contributed by atoms with Crippen molar-refractivity contribution in [1.29, 1.82) is 0 Å². The molecule has 0 amide bonds. The number of nitrogens with one attached hydrogen (secondary N) is 1. The normalized spacial score (nSPS) is 10.3. The van der Waals surface area contributed by atoms with Gasteiger partial charge >= 0.3 is 5.69 Å². The number of hydrogen-bond acceptors (Lipinski definition) is 4. The molecule has 1 N–H and O–H groups in total. The van der Waals surface area contributed by atoms with Crippen LogP contribution in [-0.2, 0) is 0 Å². The molecule has 0 saturated heterocycles. The van der Waals surface area contributed by atoms with Crippen molar-refractivity contribution in [1.82, 2.24) is 4.98 Å². The molecule has 2 aromatic rings. The van der Waals surface area contributed by atoms with E-state index in [0.29, 0.717) is 11.3 Å². The summed E-state index contributed by atoms with van der Waals surface area (Å²) >= 11 is 5.64. The van der Waals surface area contributed by atoms with Crippen LogP contribution in [-0.4, -0.2) is 9.91 Å². The summed E-state index contributed by atoms with van der Waals surface area (Å²) in [7, 11) is 0. The Bertz CT molecular complexity index is 649. The fraction of sp³-hybridized carbons (Fsp3) is 0.0833. The fourth-order valence-electron chi connectivity index (χ4n) is 1.58. The Kier molecular flexibility index (Phi) is 3.62. The van der Waals surface area contributed by atoms with E-state index in [-0.39, 0.29) is 16.5 Å². The van der Waals surface area contributed by atoms with Crippen molar-refractivity contribution in [3.8, 4) is 0 Å². The smallest absolute Gasteiger partial charge is 0.314 e. The maximum absolute atomic E-state index is 13.0. The Balaban J connectivity index is 2.40. The third-order valence-corrected chi connectivity index (χ3v) is 2.78. The molecule has 0 aliphatic carbocycles. The van der Waals surface area contributed by atoms with Gasteiger partial charge in [0.2, 0.25) is 5.82 Å². The minimum absolute atomic E-state index is 0.0692. The van der Waals surface area contributed by atoms with Crippen molar-refractivity contribution in [3.05, 3.63) is 57.0 Å². The molecule has 0 saturated carbocycles. The van der Waals surface area contributed by atoms with E-state index in [4.69, 9.17) is 11.6 Å². The first-order valence-electron chi connectivity index (χ1n) is 5.31. The first kappa shape index (κ1) is 13.2. The van der Waals surface area contributed by atoms with Crippen molar-refractivity contribution >= 4 is 28.8 Å². The molecule has 1 aromatic carbocycles. The number of anilines is 2. The lowest BCUT2D eigenvalue weighted by Gasteiger charge is -2.08. The lowest BCUT2D eigenvalue weighted by molar-refractivity contribution is -0.384. The Labute approximate surface area is 113 Å². The van der Waals surface area contributed by atoms with Gasteiger partial charge in [0.15, 0.2) is 0 Å². The van der Waals surface area contributed by atoms with Crippen molar-refractivity contribution in [2.45, 2.75) is 6.92 Å². The van der Waals surface area contributed by atoms with Crippen molar-refractivity contribution in [3.63, 3.8) is 0 Å². The number of nitrogens with zero attached hydrogens (tertiary/aromatic N) is 2. The number of aromatic nitrogens is 1. The SMILES string of the molecule is Cc1ccnc(Nc2ccc(F)c(Cl)c2)c1[N+](=O)[O-]. The van der Waals surface area contributed by atoms with Gasteiger partial charge in [0.25, 0.3) is 0 Å². The van der Waals surface area contributed by atoms with Crippen LogP contribution >= 0.6 is 11.6 Å². The van der Waals surface area contributed by atoms with Crippen molar-refractivity contribution < 1.29 is 9.31 Å². The molecule has 98 valence electrons. The molecule has 0 unspecified atom stereocenters. The van der Waals surface area contributed by atoms with Crippen molar-refractivity contribution in [2.24, 2.45) is 0 Å². The van der Waals surface area contributed by atoms with Crippen LogP contribution in [0.2, 0.25) is 5.02 Å². The fourth-order valence-corrected chi connectivity index (χ4v) is 1.76. The standard InChI is InChI=1S/C12H9ClFN3O2/c1-7-4-5-15-12(11(7)17(18)19)16-8-2-3-10(14)9(13)6-8/h2-6H,1H3,(H,15,16). The second-order valence-corrected chi connectivity index (χ2v) is 4.24. The van der Waals surface area contributed by atoms with Crippen LogP contribution in [0.15, 0.2) is 30.5 Å². The van der Waals surface area contributed by atoms with E-state index in [9.17, 15) is 14.5 Å². The molecule has 0 atom stereocenters. The maximum Gasteiger partial charge on any atom is 0.314 e. The minimum atomic E-state index is -0.557. The molecule has 0 fully saturated rings. The summed E-state index contributed by atoms with van der Waals surface area (Å²) < 4.78 is 13.0. The van der Waals surface area contributed by atoms with Gasteiger partial charge in [-0.25, -0.2) is 9.37 Å². The second kappa shape index (κ2) is 5.19. The molecule has 19 heavy (non-hydrogen) atoms. The second-order valence-electron chi connectivity index (χ2n) is 3.84. The number of hydrogen-bond donors (Lipinski definition) is 1. The molecule has 0 bridgehead atoms. The van der Waals surface area contributed by atoms with Crippen molar-refractivity contribution in [2.75, 3.05) is 5.32 Å². The van der Waals surface area contributed by atoms with Gasteiger partial charge in [-0.3, -0.25) is 10.1 Å². The number of aryl methyl sites for hydroxylation is 1. The largest absolute Gasteiger partial charge is 0.334 e. The van der Waals surface area contributed by atoms with E-state index in [0.717, 1.165) is 0 Å². The van der Waals surface area contributed by atoms with Crippen LogP contribution in [0, 0.1) is 22.9 Å². The van der Waals surface area contributed by atoms with Gasteiger partial charge in [-0.05, 0) is 31.2 Å². The molecule has 0 aliphatic rings. The Hall–Kier alpha value is -2.21. The molecule has 2 rings (SSSR count). The topological polar surface area (TPSA) is 68.1 Å². The van der Waals surface area contributed by atoms with E-state index in [2.05, 4.69) is 10.3 Å². The third-order valence-electron chi connectivity index (χ3n) is 2.49. The van der Waals surface area contributed by atoms with Crippen LogP contribution in [0.25, 0.3) is 0 Å². The predicted molar refractivity (Wildman–Crippen MR) is 70.3 cm³/mol. The van der Waals surface area contributed by atoms with Gasteiger partial charge in [0.05, 0.1) is 9.95 Å². The summed E-state index contributed by atoms with van der Waals surface area (Å²) in [5, 5.41) is 13.7. The number of nitro groups is 1. The minimum Gasteiger partial charge on any atom is -0.334 e. The predicted octanol–water partition coefficient (Wildman–Crippen LogP) is 3.83. The molecule has 0 spiro atoms. The average Bonchev–Trinajstić information content (AvgIpc) is 2.33. The Morgan fingerprint density at radius 1 is 1.42 bits per heavy atom. The number of pyridine rings is 1. The van der Waals surface area contributed by atoms with Crippen LogP contribution in [0.3, 0.4) is 0 Å². The van der Waals surface area contributed by atoms with E-state index in [1.807, 2.05) is 0 Å². The zero-order valence-corrected chi connectivity index (χ0v) is 10.6. The summed E-state index contributed by atoms with van der Waals surface area (Å²) in [4.78, 5) is 14.4. The summed E-state index contributed by atoms with van der Waals surface area (Å²) in [6.07, 6.45) is 1.45. The van der Waals surface area contributed by atoms with E-state index < -0.39 is 10.7 Å². The Morgan fingerprint density at radius 2 is 2.16 bits per heavy atom. The molecule has 5 nitrogen and oxygen atoms in total. The molecule has 1 heterocycles. The highest BCUT2D eigenvalue weighted by atomic mass is 35.5. The van der Waals surface area contributed by atoms with Gasteiger partial charge in [0.1, 0.15) is 5.82 Å². The van der Waals surface area contributed by atoms with Gasteiger partial charge < -0.3 is 5.32 Å². The molecular formula is C12H9ClFN3O2. The summed E-state index contributed by atoms with van der Waals surface area (Å²) in [6, 6.07) is 5.48. The quantitative estimate of drug-likeness (QED) is 0.685. The third kappa shape index (κ3) is 2.79. The monoisotopic (exact) mass is 281 g/mol. The Morgan fingerprint density at radius 3 is 2.79 bits per heavy atom. The lowest BCUT2D eigenvalue weighted by Crippen LogP contribution is -2.01. The van der Waals surface area contributed by atoms with Crippen LogP contribution < -0.4 is 5.32 Å². The number of benzene rings is 1. The van der Waals surface area contributed by atoms with Gasteiger partial charge in [-0.1, -0.05) is 11.6 Å². The summed E-state index contributed by atoms with van der Waals surface area (Å²) in [6.45, 7) is 1.61. The van der Waals surface area contributed by atoms with E-state index in [1.165, 1.54) is 24.4 Å². The van der Waals surface area contributed by atoms with E-state index in [1.54, 1.807) is 13.0 Å². The molecule has 0 radical (unpaired) electrons. The molecule has 1 aromatic heterocycles. The van der Waals surface area contributed by atoms with E-state index >= 15 is 0 Å². The molecule has 0 aliphatic heterocycles. The number of halogens is 2. The zero-order chi connectivity index (χ0) is 14.0. The van der Waals surface area contributed by atoms with Gasteiger partial charge in [-0.15, -0.1) is 0 Å². The van der Waals surface area contributed by atoms with Gasteiger partial charge in [-0.2, -0.15) is 0 Å². The lowest BCUT2D eigenvalue weighted by atomic mass is 10.2.